The van der Waals surface area contributed by atoms with Gasteiger partial charge in [-0.1, -0.05) is 62.7 Å². The van der Waals surface area contributed by atoms with Gasteiger partial charge in [-0.2, -0.15) is 0 Å². The maximum atomic E-state index is 12.2. The number of hydrogen-bond acceptors (Lipinski definition) is 2. The normalized spacial score (nSPS) is 14.8. The highest BCUT2D eigenvalue weighted by Gasteiger charge is 2.25. The van der Waals surface area contributed by atoms with Gasteiger partial charge in [0, 0.05) is 37.2 Å². The first-order chi connectivity index (χ1) is 14.0. The Kier molecular flexibility index (Phi) is 6.91. The number of nitrogens with one attached hydrogen (secondary N) is 3. The molecule has 0 radical (unpaired) electrons. The molecule has 2 aromatic rings. The van der Waals surface area contributed by atoms with E-state index in [1.165, 1.54) is 5.56 Å². The molecule has 0 bridgehead atoms. The quantitative estimate of drug-likeness (QED) is 0.492. The van der Waals surface area contributed by atoms with Crippen molar-refractivity contribution >= 4 is 17.6 Å². The average molecular weight is 393 g/mol. The lowest BCUT2D eigenvalue weighted by atomic mass is 9.85. The molecular weight excluding hydrogens is 360 g/mol. The van der Waals surface area contributed by atoms with Crippen LogP contribution in [0.1, 0.15) is 44.2 Å². The zero-order chi connectivity index (χ0) is 20.7. The second kappa shape index (κ2) is 9.59. The minimum absolute atomic E-state index is 0.00932. The lowest BCUT2D eigenvalue weighted by Gasteiger charge is -2.26. The number of aliphatic imine (C=N–C) groups is 1. The van der Waals surface area contributed by atoms with Crippen molar-refractivity contribution in [3.05, 3.63) is 65.7 Å². The average Bonchev–Trinajstić information content (AvgIpc) is 2.67. The summed E-state index contributed by atoms with van der Waals surface area (Å²) in [5.41, 5.74) is 3.24. The maximum Gasteiger partial charge on any atom is 0.227 e. The lowest BCUT2D eigenvalue weighted by Crippen LogP contribution is -2.43. The van der Waals surface area contributed by atoms with Crippen molar-refractivity contribution in [1.29, 1.82) is 0 Å². The fraction of sp³-hybridized carbons (Fsp3) is 0.417. The van der Waals surface area contributed by atoms with Crippen LogP contribution in [-0.2, 0) is 16.8 Å². The lowest BCUT2D eigenvalue weighted by molar-refractivity contribution is -0.122. The number of carbonyl (C=O) groups excluding carboxylic acids is 1. The van der Waals surface area contributed by atoms with Crippen molar-refractivity contribution in [2.75, 3.05) is 18.9 Å². The molecule has 154 valence electrons. The Balaban J connectivity index is 1.51. The molecule has 1 aliphatic carbocycles. The summed E-state index contributed by atoms with van der Waals surface area (Å²) >= 11 is 0. The first-order valence-corrected chi connectivity index (χ1v) is 10.4. The SMILES string of the molecule is CN=C(NCc1cccc(NC(=O)C2CCC2)c1)NCC(C)(C)c1ccccc1. The second-order valence-corrected chi connectivity index (χ2v) is 8.35. The molecule has 0 spiro atoms. The van der Waals surface area contributed by atoms with Crippen LogP contribution < -0.4 is 16.0 Å². The van der Waals surface area contributed by atoms with E-state index in [-0.39, 0.29) is 17.2 Å². The van der Waals surface area contributed by atoms with Crippen molar-refractivity contribution in [2.24, 2.45) is 10.9 Å². The van der Waals surface area contributed by atoms with Crippen LogP contribution in [0, 0.1) is 5.92 Å². The predicted octanol–water partition coefficient (Wildman–Crippen LogP) is 4.07. The molecule has 0 aromatic heterocycles. The first-order valence-electron chi connectivity index (χ1n) is 10.4. The molecule has 3 rings (SSSR count). The van der Waals surface area contributed by atoms with Crippen LogP contribution in [0.5, 0.6) is 0 Å². The van der Waals surface area contributed by atoms with Crippen LogP contribution in [0.25, 0.3) is 0 Å². The van der Waals surface area contributed by atoms with Gasteiger partial charge in [0.2, 0.25) is 5.91 Å². The van der Waals surface area contributed by atoms with E-state index in [0.717, 1.165) is 43.0 Å². The van der Waals surface area contributed by atoms with Gasteiger partial charge in [-0.25, -0.2) is 0 Å². The van der Waals surface area contributed by atoms with E-state index in [1.54, 1.807) is 7.05 Å². The van der Waals surface area contributed by atoms with Gasteiger partial charge in [0.15, 0.2) is 5.96 Å². The van der Waals surface area contributed by atoms with Crippen molar-refractivity contribution < 1.29 is 4.79 Å². The van der Waals surface area contributed by atoms with E-state index >= 15 is 0 Å². The fourth-order valence-corrected chi connectivity index (χ4v) is 3.38. The molecule has 1 amide bonds. The summed E-state index contributed by atoms with van der Waals surface area (Å²) in [5, 5.41) is 9.82. The Morgan fingerprint density at radius 3 is 2.48 bits per heavy atom. The summed E-state index contributed by atoms with van der Waals surface area (Å²) in [5.74, 6) is 1.09. The Hall–Kier alpha value is -2.82. The Morgan fingerprint density at radius 2 is 1.83 bits per heavy atom. The zero-order valence-electron chi connectivity index (χ0n) is 17.7. The zero-order valence-corrected chi connectivity index (χ0v) is 17.7. The Labute approximate surface area is 174 Å². The Morgan fingerprint density at radius 1 is 1.07 bits per heavy atom. The monoisotopic (exact) mass is 392 g/mol. The van der Waals surface area contributed by atoms with E-state index in [0.29, 0.717) is 6.54 Å². The summed E-state index contributed by atoms with van der Waals surface area (Å²) in [6.45, 7) is 5.85. The standard InChI is InChI=1S/C24H32N4O/c1-24(2,20-12-5-4-6-13-20)17-27-23(25-3)26-16-18-9-7-14-21(15-18)28-22(29)19-10-8-11-19/h4-7,9,12-15,19H,8,10-11,16-17H2,1-3H3,(H,28,29)(H2,25,26,27). The molecule has 3 N–H and O–H groups in total. The topological polar surface area (TPSA) is 65.5 Å². The molecule has 29 heavy (non-hydrogen) atoms. The van der Waals surface area contributed by atoms with Gasteiger partial charge in [0.1, 0.15) is 0 Å². The van der Waals surface area contributed by atoms with E-state index in [1.807, 2.05) is 30.3 Å². The number of benzene rings is 2. The number of nitrogens with zero attached hydrogens (tertiary/aromatic N) is 1. The summed E-state index contributed by atoms with van der Waals surface area (Å²) in [6, 6.07) is 18.5. The maximum absolute atomic E-state index is 12.2. The van der Waals surface area contributed by atoms with Gasteiger partial charge >= 0.3 is 0 Å². The number of rotatable bonds is 7. The molecule has 5 heteroatoms. The van der Waals surface area contributed by atoms with Gasteiger partial charge in [0.05, 0.1) is 0 Å². The minimum atomic E-state index is -0.00932. The fourth-order valence-electron chi connectivity index (χ4n) is 3.38. The molecule has 0 saturated heterocycles. The van der Waals surface area contributed by atoms with Crippen LogP contribution >= 0.6 is 0 Å². The number of carbonyl (C=O) groups is 1. The minimum Gasteiger partial charge on any atom is -0.356 e. The highest BCUT2D eigenvalue weighted by Crippen LogP contribution is 2.27. The van der Waals surface area contributed by atoms with Gasteiger partial charge in [0.25, 0.3) is 0 Å². The number of amides is 1. The summed E-state index contributed by atoms with van der Waals surface area (Å²) in [7, 11) is 1.78. The highest BCUT2D eigenvalue weighted by molar-refractivity contribution is 5.93. The van der Waals surface area contributed by atoms with Crippen LogP contribution in [-0.4, -0.2) is 25.5 Å². The molecule has 5 nitrogen and oxygen atoms in total. The second-order valence-electron chi connectivity index (χ2n) is 8.35. The number of anilines is 1. The van der Waals surface area contributed by atoms with E-state index < -0.39 is 0 Å². The van der Waals surface area contributed by atoms with E-state index in [4.69, 9.17) is 0 Å². The molecule has 0 aliphatic heterocycles. The summed E-state index contributed by atoms with van der Waals surface area (Å²) < 4.78 is 0. The molecule has 0 heterocycles. The Bertz CT molecular complexity index is 841. The molecule has 0 atom stereocenters. The third-order valence-corrected chi connectivity index (χ3v) is 5.61. The molecular formula is C24H32N4O. The number of guanidine groups is 1. The van der Waals surface area contributed by atoms with Gasteiger partial charge < -0.3 is 16.0 Å². The van der Waals surface area contributed by atoms with Crippen molar-refractivity contribution in [2.45, 2.75) is 45.1 Å². The van der Waals surface area contributed by atoms with Crippen molar-refractivity contribution in [3.63, 3.8) is 0 Å². The molecule has 1 aliphatic rings. The third-order valence-electron chi connectivity index (χ3n) is 5.61. The van der Waals surface area contributed by atoms with Crippen LogP contribution in [0.4, 0.5) is 5.69 Å². The predicted molar refractivity (Wildman–Crippen MR) is 120 cm³/mol. The smallest absolute Gasteiger partial charge is 0.227 e. The first kappa shape index (κ1) is 20.9. The summed E-state index contributed by atoms with van der Waals surface area (Å²) in [4.78, 5) is 16.5. The summed E-state index contributed by atoms with van der Waals surface area (Å²) in [6.07, 6.45) is 3.18. The van der Waals surface area contributed by atoms with Gasteiger partial charge in [-0.15, -0.1) is 0 Å². The molecule has 0 unspecified atom stereocenters. The largest absolute Gasteiger partial charge is 0.356 e. The highest BCUT2D eigenvalue weighted by atomic mass is 16.1. The third kappa shape index (κ3) is 5.83. The van der Waals surface area contributed by atoms with Crippen LogP contribution in [0.2, 0.25) is 0 Å². The van der Waals surface area contributed by atoms with Gasteiger partial charge in [-0.05, 0) is 36.1 Å². The van der Waals surface area contributed by atoms with Crippen LogP contribution in [0.3, 0.4) is 0 Å². The van der Waals surface area contributed by atoms with Crippen molar-refractivity contribution in [1.82, 2.24) is 10.6 Å². The van der Waals surface area contributed by atoms with Crippen molar-refractivity contribution in [3.8, 4) is 0 Å². The van der Waals surface area contributed by atoms with E-state index in [9.17, 15) is 4.79 Å². The van der Waals surface area contributed by atoms with E-state index in [2.05, 4.69) is 59.1 Å². The molecule has 1 saturated carbocycles. The number of hydrogen-bond donors (Lipinski definition) is 3. The molecule has 1 fully saturated rings. The molecule has 2 aromatic carbocycles. The van der Waals surface area contributed by atoms with Gasteiger partial charge in [-0.3, -0.25) is 9.79 Å². The van der Waals surface area contributed by atoms with Crippen LogP contribution in [0.15, 0.2) is 59.6 Å².